The summed E-state index contributed by atoms with van der Waals surface area (Å²) in [6.07, 6.45) is 1.77. The van der Waals surface area contributed by atoms with E-state index in [1.54, 1.807) is 6.26 Å². The van der Waals surface area contributed by atoms with Crippen LogP contribution in [0.1, 0.15) is 16.9 Å². The molecule has 0 fully saturated rings. The molecule has 0 unspecified atom stereocenters. The average molecular weight is 242 g/mol. The Hall–Kier alpha value is -1.74. The van der Waals surface area contributed by atoms with Crippen LogP contribution in [0.3, 0.4) is 0 Å². The van der Waals surface area contributed by atoms with Gasteiger partial charge in [0.1, 0.15) is 5.76 Å². The SMILES string of the molecule is Cc1ccoc1CN1CCNCc2ccccc21. The Balaban J connectivity index is 1.90. The maximum absolute atomic E-state index is 5.56. The van der Waals surface area contributed by atoms with E-state index in [-0.39, 0.29) is 0 Å². The molecule has 3 nitrogen and oxygen atoms in total. The van der Waals surface area contributed by atoms with E-state index >= 15 is 0 Å². The molecule has 0 atom stereocenters. The third kappa shape index (κ3) is 2.14. The molecule has 0 spiro atoms. The quantitative estimate of drug-likeness (QED) is 0.877. The Kier molecular flexibility index (Phi) is 3.07. The van der Waals surface area contributed by atoms with Crippen molar-refractivity contribution in [1.29, 1.82) is 0 Å². The summed E-state index contributed by atoms with van der Waals surface area (Å²) >= 11 is 0. The second kappa shape index (κ2) is 4.86. The van der Waals surface area contributed by atoms with Gasteiger partial charge in [-0.05, 0) is 30.2 Å². The zero-order chi connectivity index (χ0) is 12.4. The Morgan fingerprint density at radius 2 is 2.17 bits per heavy atom. The predicted octanol–water partition coefficient (Wildman–Crippen LogP) is 2.70. The lowest BCUT2D eigenvalue weighted by Crippen LogP contribution is -2.28. The number of hydrogen-bond donors (Lipinski definition) is 1. The van der Waals surface area contributed by atoms with E-state index in [2.05, 4.69) is 41.4 Å². The second-order valence-corrected chi connectivity index (χ2v) is 4.75. The highest BCUT2D eigenvalue weighted by Crippen LogP contribution is 2.24. The zero-order valence-corrected chi connectivity index (χ0v) is 10.6. The van der Waals surface area contributed by atoms with E-state index in [1.165, 1.54) is 16.8 Å². The largest absolute Gasteiger partial charge is 0.467 e. The molecule has 94 valence electrons. The summed E-state index contributed by atoms with van der Waals surface area (Å²) < 4.78 is 5.56. The molecule has 2 aromatic rings. The van der Waals surface area contributed by atoms with Gasteiger partial charge in [-0.1, -0.05) is 18.2 Å². The van der Waals surface area contributed by atoms with Gasteiger partial charge in [0.15, 0.2) is 0 Å². The van der Waals surface area contributed by atoms with Gasteiger partial charge in [-0.2, -0.15) is 0 Å². The predicted molar refractivity (Wildman–Crippen MR) is 72.6 cm³/mol. The monoisotopic (exact) mass is 242 g/mol. The first kappa shape index (κ1) is 11.4. The van der Waals surface area contributed by atoms with Crippen LogP contribution < -0.4 is 10.2 Å². The molecule has 1 aliphatic heterocycles. The number of para-hydroxylation sites is 1. The van der Waals surface area contributed by atoms with Crippen molar-refractivity contribution in [1.82, 2.24) is 5.32 Å². The molecule has 0 bridgehead atoms. The molecule has 0 saturated heterocycles. The van der Waals surface area contributed by atoms with Crippen LogP contribution in [0.2, 0.25) is 0 Å². The van der Waals surface area contributed by atoms with E-state index in [1.807, 2.05) is 6.07 Å². The number of furan rings is 1. The first-order valence-electron chi connectivity index (χ1n) is 6.41. The summed E-state index contributed by atoms with van der Waals surface area (Å²) in [6.45, 7) is 5.91. The van der Waals surface area contributed by atoms with E-state index in [0.717, 1.165) is 31.9 Å². The van der Waals surface area contributed by atoms with Gasteiger partial charge >= 0.3 is 0 Å². The molecule has 1 N–H and O–H groups in total. The van der Waals surface area contributed by atoms with Crippen molar-refractivity contribution in [3.63, 3.8) is 0 Å². The number of nitrogens with one attached hydrogen (secondary N) is 1. The average Bonchev–Trinajstić information content (AvgIpc) is 2.68. The molecule has 1 aromatic carbocycles. The number of rotatable bonds is 2. The van der Waals surface area contributed by atoms with Crippen LogP contribution in [0.25, 0.3) is 0 Å². The topological polar surface area (TPSA) is 28.4 Å². The van der Waals surface area contributed by atoms with Crippen LogP contribution >= 0.6 is 0 Å². The molecule has 3 heteroatoms. The van der Waals surface area contributed by atoms with Gasteiger partial charge in [-0.15, -0.1) is 0 Å². The van der Waals surface area contributed by atoms with E-state index in [4.69, 9.17) is 4.42 Å². The highest BCUT2D eigenvalue weighted by molar-refractivity contribution is 5.54. The Labute approximate surface area is 107 Å². The third-order valence-electron chi connectivity index (χ3n) is 3.51. The van der Waals surface area contributed by atoms with Crippen molar-refractivity contribution in [3.05, 3.63) is 53.5 Å². The molecule has 1 aliphatic rings. The van der Waals surface area contributed by atoms with Crippen molar-refractivity contribution < 1.29 is 4.42 Å². The highest BCUT2D eigenvalue weighted by Gasteiger charge is 2.16. The maximum Gasteiger partial charge on any atom is 0.125 e. The lowest BCUT2D eigenvalue weighted by molar-refractivity contribution is 0.499. The van der Waals surface area contributed by atoms with Gasteiger partial charge in [-0.3, -0.25) is 0 Å². The first-order chi connectivity index (χ1) is 8.84. The van der Waals surface area contributed by atoms with Crippen LogP contribution in [0.5, 0.6) is 0 Å². The molecular weight excluding hydrogens is 224 g/mol. The number of nitrogens with zero attached hydrogens (tertiary/aromatic N) is 1. The summed E-state index contributed by atoms with van der Waals surface area (Å²) in [5, 5.41) is 3.46. The Bertz CT molecular complexity index is 533. The zero-order valence-electron chi connectivity index (χ0n) is 10.6. The second-order valence-electron chi connectivity index (χ2n) is 4.75. The minimum Gasteiger partial charge on any atom is -0.467 e. The normalized spacial score (nSPS) is 15.3. The van der Waals surface area contributed by atoms with Gasteiger partial charge in [0.05, 0.1) is 12.8 Å². The highest BCUT2D eigenvalue weighted by atomic mass is 16.3. The number of anilines is 1. The maximum atomic E-state index is 5.56. The van der Waals surface area contributed by atoms with Crippen LogP contribution in [0, 0.1) is 6.92 Å². The fraction of sp³-hybridized carbons (Fsp3) is 0.333. The first-order valence-corrected chi connectivity index (χ1v) is 6.41. The van der Waals surface area contributed by atoms with Crippen molar-refractivity contribution in [3.8, 4) is 0 Å². The van der Waals surface area contributed by atoms with Gasteiger partial charge < -0.3 is 14.6 Å². The minimum atomic E-state index is 0.845. The van der Waals surface area contributed by atoms with Crippen LogP contribution in [-0.4, -0.2) is 13.1 Å². The fourth-order valence-corrected chi connectivity index (χ4v) is 2.43. The summed E-state index contributed by atoms with van der Waals surface area (Å²) in [7, 11) is 0. The molecular formula is C15H18N2O. The molecule has 0 aliphatic carbocycles. The van der Waals surface area contributed by atoms with Gasteiger partial charge in [0, 0.05) is 25.3 Å². The van der Waals surface area contributed by atoms with Gasteiger partial charge in [-0.25, -0.2) is 0 Å². The molecule has 3 rings (SSSR count). The standard InChI is InChI=1S/C15H18N2O/c1-12-6-9-18-15(12)11-17-8-7-16-10-13-4-2-3-5-14(13)17/h2-6,9,16H,7-8,10-11H2,1H3. The lowest BCUT2D eigenvalue weighted by atomic mass is 10.1. The molecule has 1 aromatic heterocycles. The number of fused-ring (bicyclic) bond motifs is 1. The molecule has 0 saturated carbocycles. The fourth-order valence-electron chi connectivity index (χ4n) is 2.43. The van der Waals surface area contributed by atoms with Crippen molar-refractivity contribution in [2.75, 3.05) is 18.0 Å². The Morgan fingerprint density at radius 3 is 3.00 bits per heavy atom. The smallest absolute Gasteiger partial charge is 0.125 e. The van der Waals surface area contributed by atoms with E-state index in [0.29, 0.717) is 0 Å². The summed E-state index contributed by atoms with van der Waals surface area (Å²) in [4.78, 5) is 2.39. The van der Waals surface area contributed by atoms with Crippen molar-refractivity contribution in [2.24, 2.45) is 0 Å². The van der Waals surface area contributed by atoms with Gasteiger partial charge in [0.2, 0.25) is 0 Å². The van der Waals surface area contributed by atoms with Crippen molar-refractivity contribution >= 4 is 5.69 Å². The summed E-state index contributed by atoms with van der Waals surface area (Å²) in [6, 6.07) is 10.6. The summed E-state index contributed by atoms with van der Waals surface area (Å²) in [5.41, 5.74) is 3.90. The minimum absolute atomic E-state index is 0.845. The van der Waals surface area contributed by atoms with Crippen LogP contribution in [-0.2, 0) is 13.1 Å². The van der Waals surface area contributed by atoms with E-state index in [9.17, 15) is 0 Å². The number of hydrogen-bond acceptors (Lipinski definition) is 3. The molecule has 18 heavy (non-hydrogen) atoms. The van der Waals surface area contributed by atoms with Crippen LogP contribution in [0.15, 0.2) is 41.0 Å². The van der Waals surface area contributed by atoms with Gasteiger partial charge in [0.25, 0.3) is 0 Å². The number of aryl methyl sites for hydroxylation is 1. The molecule has 2 heterocycles. The Morgan fingerprint density at radius 1 is 1.28 bits per heavy atom. The lowest BCUT2D eigenvalue weighted by Gasteiger charge is -2.23. The van der Waals surface area contributed by atoms with Crippen LogP contribution in [0.4, 0.5) is 5.69 Å². The molecule has 0 amide bonds. The van der Waals surface area contributed by atoms with E-state index < -0.39 is 0 Å². The van der Waals surface area contributed by atoms with Crippen molar-refractivity contribution in [2.45, 2.75) is 20.0 Å². The number of benzene rings is 1. The molecule has 0 radical (unpaired) electrons. The third-order valence-corrected chi connectivity index (χ3v) is 3.51. The summed E-state index contributed by atoms with van der Waals surface area (Å²) in [5.74, 6) is 1.06.